The quantitative estimate of drug-likeness (QED) is 0.276. The summed E-state index contributed by atoms with van der Waals surface area (Å²) in [7, 11) is 0. The second kappa shape index (κ2) is 7.76. The van der Waals surface area contributed by atoms with Crippen molar-refractivity contribution in [3.05, 3.63) is 92.8 Å². The largest absolute Gasteiger partial charge is 0.489 e. The zero-order valence-electron chi connectivity index (χ0n) is 15.4. The Hall–Kier alpha value is -2.86. The van der Waals surface area contributed by atoms with Gasteiger partial charge in [-0.2, -0.15) is 0 Å². The number of rotatable bonds is 4. The van der Waals surface area contributed by atoms with Gasteiger partial charge in [0.25, 0.3) is 0 Å². The van der Waals surface area contributed by atoms with Crippen molar-refractivity contribution in [3.63, 3.8) is 0 Å². The molecule has 0 bridgehead atoms. The van der Waals surface area contributed by atoms with Crippen molar-refractivity contribution in [2.45, 2.75) is 6.61 Å². The van der Waals surface area contributed by atoms with Crippen molar-refractivity contribution in [1.29, 1.82) is 0 Å². The maximum atomic E-state index is 12.6. The SMILES string of the molecule is O=c1oc2cc(OCc3ccc(Cl)cc3Cl)ccc2cc1-c1nc2ccccc2s1. The fraction of sp³-hybridized carbons (Fsp3) is 0.0435. The van der Waals surface area contributed by atoms with E-state index in [2.05, 4.69) is 4.98 Å². The minimum absolute atomic E-state index is 0.273. The Balaban J connectivity index is 1.45. The molecule has 30 heavy (non-hydrogen) atoms. The van der Waals surface area contributed by atoms with Gasteiger partial charge in [0.2, 0.25) is 0 Å². The van der Waals surface area contributed by atoms with Gasteiger partial charge in [0.1, 0.15) is 22.9 Å². The van der Waals surface area contributed by atoms with Gasteiger partial charge in [-0.05, 0) is 42.5 Å². The number of hydrogen-bond donors (Lipinski definition) is 0. The molecule has 0 N–H and O–H groups in total. The molecule has 2 heterocycles. The zero-order valence-corrected chi connectivity index (χ0v) is 17.7. The maximum Gasteiger partial charge on any atom is 0.346 e. The van der Waals surface area contributed by atoms with Crippen LogP contribution in [0.5, 0.6) is 5.75 Å². The summed E-state index contributed by atoms with van der Waals surface area (Å²) in [5.74, 6) is 0.574. The summed E-state index contributed by atoms with van der Waals surface area (Å²) in [6.07, 6.45) is 0. The van der Waals surface area contributed by atoms with Crippen molar-refractivity contribution in [2.24, 2.45) is 0 Å². The Bertz CT molecular complexity index is 1430. The number of aromatic nitrogens is 1. The highest BCUT2D eigenvalue weighted by atomic mass is 35.5. The van der Waals surface area contributed by atoms with Crippen LogP contribution in [0.25, 0.3) is 31.8 Å². The van der Waals surface area contributed by atoms with E-state index in [1.54, 1.807) is 24.3 Å². The Kier molecular flexibility index (Phi) is 4.95. The molecule has 0 aliphatic carbocycles. The highest BCUT2D eigenvalue weighted by molar-refractivity contribution is 7.21. The predicted octanol–water partition coefficient (Wildman–Crippen LogP) is 6.96. The average molecular weight is 454 g/mol. The molecule has 0 spiro atoms. The molecule has 0 amide bonds. The number of benzene rings is 3. The van der Waals surface area contributed by atoms with E-state index in [4.69, 9.17) is 32.4 Å². The first kappa shape index (κ1) is 19.1. The van der Waals surface area contributed by atoms with Crippen LogP contribution < -0.4 is 10.4 Å². The number of ether oxygens (including phenoxy) is 1. The maximum absolute atomic E-state index is 12.6. The third kappa shape index (κ3) is 3.67. The smallest absolute Gasteiger partial charge is 0.346 e. The molecule has 0 saturated carbocycles. The van der Waals surface area contributed by atoms with E-state index in [-0.39, 0.29) is 6.61 Å². The number of para-hydroxylation sites is 1. The summed E-state index contributed by atoms with van der Waals surface area (Å²) >= 11 is 13.6. The second-order valence-electron chi connectivity index (χ2n) is 6.66. The zero-order chi connectivity index (χ0) is 20.7. The molecule has 0 unspecified atom stereocenters. The lowest BCUT2D eigenvalue weighted by Crippen LogP contribution is -2.02. The van der Waals surface area contributed by atoms with Crippen LogP contribution in [0.1, 0.15) is 5.56 Å². The number of fused-ring (bicyclic) bond motifs is 2. The van der Waals surface area contributed by atoms with Gasteiger partial charge in [-0.25, -0.2) is 9.78 Å². The van der Waals surface area contributed by atoms with Crippen molar-refractivity contribution in [2.75, 3.05) is 0 Å². The lowest BCUT2D eigenvalue weighted by molar-refractivity contribution is 0.306. The fourth-order valence-electron chi connectivity index (χ4n) is 3.12. The molecule has 5 aromatic rings. The van der Waals surface area contributed by atoms with Crippen LogP contribution >= 0.6 is 34.5 Å². The van der Waals surface area contributed by atoms with Crippen LogP contribution in [-0.2, 0) is 6.61 Å². The van der Waals surface area contributed by atoms with Crippen LogP contribution in [0, 0.1) is 0 Å². The van der Waals surface area contributed by atoms with Gasteiger partial charge < -0.3 is 9.15 Å². The van der Waals surface area contributed by atoms with Crippen molar-refractivity contribution in [3.8, 4) is 16.3 Å². The van der Waals surface area contributed by atoms with E-state index < -0.39 is 5.63 Å². The van der Waals surface area contributed by atoms with Crippen LogP contribution in [0.4, 0.5) is 0 Å². The molecule has 0 fully saturated rings. The Labute approximate surface area is 185 Å². The van der Waals surface area contributed by atoms with E-state index in [9.17, 15) is 4.79 Å². The van der Waals surface area contributed by atoms with E-state index in [1.807, 2.05) is 42.5 Å². The van der Waals surface area contributed by atoms with Gasteiger partial charge >= 0.3 is 5.63 Å². The molecule has 0 atom stereocenters. The molecule has 0 aliphatic heterocycles. The van der Waals surface area contributed by atoms with Gasteiger partial charge in [0, 0.05) is 27.1 Å². The minimum Gasteiger partial charge on any atom is -0.489 e. The molecule has 0 aliphatic rings. The van der Waals surface area contributed by atoms with E-state index in [0.717, 1.165) is 21.2 Å². The van der Waals surface area contributed by atoms with Crippen molar-refractivity contribution >= 4 is 55.7 Å². The number of nitrogens with zero attached hydrogens (tertiary/aromatic N) is 1. The summed E-state index contributed by atoms with van der Waals surface area (Å²) in [5, 5.41) is 2.54. The molecule has 3 aromatic carbocycles. The lowest BCUT2D eigenvalue weighted by Gasteiger charge is -2.09. The second-order valence-corrected chi connectivity index (χ2v) is 8.53. The summed E-state index contributed by atoms with van der Waals surface area (Å²) in [5.41, 5.74) is 2.14. The summed E-state index contributed by atoms with van der Waals surface area (Å²) in [6, 6.07) is 20.2. The molecular formula is C23H13Cl2NO3S. The molecule has 148 valence electrons. The molecule has 0 saturated heterocycles. The number of halogens is 2. The normalized spacial score (nSPS) is 11.3. The average Bonchev–Trinajstić information content (AvgIpc) is 3.16. The highest BCUT2D eigenvalue weighted by Crippen LogP contribution is 2.31. The summed E-state index contributed by atoms with van der Waals surface area (Å²) in [4.78, 5) is 17.2. The van der Waals surface area contributed by atoms with Gasteiger partial charge in [0.05, 0.1) is 15.8 Å². The van der Waals surface area contributed by atoms with Crippen molar-refractivity contribution < 1.29 is 9.15 Å². The van der Waals surface area contributed by atoms with Crippen LogP contribution in [0.2, 0.25) is 10.0 Å². The predicted molar refractivity (Wildman–Crippen MR) is 122 cm³/mol. The third-order valence-corrected chi connectivity index (χ3v) is 6.30. The molecule has 7 heteroatoms. The van der Waals surface area contributed by atoms with Gasteiger partial charge in [-0.1, -0.05) is 41.4 Å². The Morgan fingerprint density at radius 3 is 2.70 bits per heavy atom. The van der Waals surface area contributed by atoms with Gasteiger partial charge in [-0.3, -0.25) is 0 Å². The van der Waals surface area contributed by atoms with Crippen LogP contribution in [0.3, 0.4) is 0 Å². The van der Waals surface area contributed by atoms with E-state index in [1.165, 1.54) is 11.3 Å². The highest BCUT2D eigenvalue weighted by Gasteiger charge is 2.13. The minimum atomic E-state index is -0.431. The molecular weight excluding hydrogens is 441 g/mol. The monoisotopic (exact) mass is 453 g/mol. The summed E-state index contributed by atoms with van der Waals surface area (Å²) < 4.78 is 12.4. The third-order valence-electron chi connectivity index (χ3n) is 4.64. The van der Waals surface area contributed by atoms with Crippen LogP contribution in [0.15, 0.2) is 75.9 Å². The van der Waals surface area contributed by atoms with Gasteiger partial charge in [-0.15, -0.1) is 11.3 Å². The van der Waals surface area contributed by atoms with Crippen LogP contribution in [-0.4, -0.2) is 4.98 Å². The first-order valence-electron chi connectivity index (χ1n) is 9.07. The first-order chi connectivity index (χ1) is 14.6. The Morgan fingerprint density at radius 2 is 1.87 bits per heavy atom. The fourth-order valence-corrected chi connectivity index (χ4v) is 4.55. The molecule has 2 aromatic heterocycles. The molecule has 0 radical (unpaired) electrons. The first-order valence-corrected chi connectivity index (χ1v) is 10.6. The van der Waals surface area contributed by atoms with Crippen molar-refractivity contribution in [1.82, 2.24) is 4.98 Å². The molecule has 4 nitrogen and oxygen atoms in total. The lowest BCUT2D eigenvalue weighted by atomic mass is 10.2. The standard InChI is InChI=1S/C23H13Cl2NO3S/c24-15-7-5-14(18(25)10-15)12-28-16-8-6-13-9-17(23(27)29-20(13)11-16)22-26-19-3-1-2-4-21(19)30-22/h1-11H,12H2. The summed E-state index contributed by atoms with van der Waals surface area (Å²) in [6.45, 7) is 0.273. The van der Waals surface area contributed by atoms with Gasteiger partial charge in [0.15, 0.2) is 0 Å². The Morgan fingerprint density at radius 1 is 1.00 bits per heavy atom. The topological polar surface area (TPSA) is 52.3 Å². The number of hydrogen-bond acceptors (Lipinski definition) is 5. The van der Waals surface area contributed by atoms with E-state index >= 15 is 0 Å². The number of thiazole rings is 1. The molecule has 5 rings (SSSR count). The van der Waals surface area contributed by atoms with E-state index in [0.29, 0.717) is 31.9 Å².